The molecule has 0 fully saturated rings. The molecule has 0 atom stereocenters. The van der Waals surface area contributed by atoms with Gasteiger partial charge in [-0.1, -0.05) is 161 Å². The summed E-state index contributed by atoms with van der Waals surface area (Å²) in [6.45, 7) is 0. The van der Waals surface area contributed by atoms with Gasteiger partial charge in [0.25, 0.3) is 16.7 Å². The van der Waals surface area contributed by atoms with E-state index >= 15 is 0 Å². The summed E-state index contributed by atoms with van der Waals surface area (Å²) in [5, 5.41) is 11.4. The van der Waals surface area contributed by atoms with Gasteiger partial charge < -0.3 is 0 Å². The molecule has 0 N–H and O–H groups in total. The van der Waals surface area contributed by atoms with Crippen molar-refractivity contribution in [2.75, 3.05) is 11.7 Å². The van der Waals surface area contributed by atoms with Crippen molar-refractivity contribution in [3.63, 3.8) is 0 Å². The molecule has 0 saturated heterocycles. The van der Waals surface area contributed by atoms with Crippen LogP contribution in [0.2, 0.25) is 0 Å². The van der Waals surface area contributed by atoms with Crippen LogP contribution in [0.1, 0.15) is 0 Å². The predicted molar refractivity (Wildman–Crippen MR) is 354 cm³/mol. The first-order valence-electron chi connectivity index (χ1n) is 22.1. The Morgan fingerprint density at radius 1 is 0.307 bits per heavy atom. The molecule has 376 valence electrons. The monoisotopic (exact) mass is 1630 g/mol. The second-order valence-electron chi connectivity index (χ2n) is 16.0. The molecule has 19 heteroatoms. The second-order valence-corrected chi connectivity index (χ2v) is 17.8. The standard InChI is InChI=1S/2C18H9BrN2O.C18H10N2O.2CH3Br.3Br2/c19-13-9-8-11-16-10(13)4-3-5-12(16)18(22)21-15-7-2-1-6-14(15)20-17(11)21;19-13-9-8-12-16-10(13)4-3-5-11(16)17-20-14-6-1-2-7-15(14)21(17)18(12)22;21-18-13-8-4-6-11-5-3-7-12(16(11)13)17-19-14-9-1-2-10-15(14)20(17)18;5*1-2/h2*1-9H;1-10H;2*1H3;;;. The molecule has 0 aliphatic heterocycles. The van der Waals surface area contributed by atoms with E-state index in [0.717, 1.165) is 124 Å². The van der Waals surface area contributed by atoms with Crippen LogP contribution in [0.5, 0.6) is 0 Å². The SMILES string of the molecule is BrBr.BrBr.BrBr.CBr.CBr.O=c1c2ccc(Br)c3cccc(c32)c2nc3ccccc3n12.O=c1c2cccc3c(Br)ccc(c32)c2nc3ccccc3n12.O=c1c2cccc3cccc(c32)c2nc3ccccc3n12. The maximum atomic E-state index is 13.0. The number of nitrogens with zero attached hydrogens (tertiary/aromatic N) is 6. The molecule has 9 nitrogen and oxygen atoms in total. The fraction of sp³-hybridized carbons (Fsp3) is 0.0357. The summed E-state index contributed by atoms with van der Waals surface area (Å²) in [4.78, 5) is 52.9. The van der Waals surface area contributed by atoms with Crippen molar-refractivity contribution in [3.8, 4) is 0 Å². The van der Waals surface area contributed by atoms with E-state index in [1.165, 1.54) is 0 Å². The lowest BCUT2D eigenvalue weighted by atomic mass is 10.0. The maximum Gasteiger partial charge on any atom is 0.264 e. The number of rotatable bonds is 0. The van der Waals surface area contributed by atoms with Crippen molar-refractivity contribution in [1.29, 1.82) is 0 Å². The lowest BCUT2D eigenvalue weighted by molar-refractivity contribution is 1.19. The van der Waals surface area contributed by atoms with E-state index in [0.29, 0.717) is 0 Å². The number of aromatic nitrogens is 6. The van der Waals surface area contributed by atoms with Gasteiger partial charge in [-0.3, -0.25) is 27.6 Å². The molecule has 0 aliphatic carbocycles. The Balaban J connectivity index is 0.000000138. The normalized spacial score (nSPS) is 10.8. The summed E-state index contributed by atoms with van der Waals surface area (Å²) in [5.41, 5.74) is 7.28. The zero-order valence-corrected chi connectivity index (χ0v) is 54.7. The predicted octanol–water partition coefficient (Wildman–Crippen LogP) is 19.4. The second kappa shape index (κ2) is 25.6. The van der Waals surface area contributed by atoms with Gasteiger partial charge in [0.1, 0.15) is 16.9 Å². The first-order valence-corrected chi connectivity index (χ1v) is 38.0. The molecule has 0 aliphatic rings. The van der Waals surface area contributed by atoms with Gasteiger partial charge in [-0.05, 0) is 101 Å². The number of fused-ring (bicyclic) bond motifs is 12. The fourth-order valence-electron chi connectivity index (χ4n) is 9.77. The third kappa shape index (κ3) is 10.1. The Morgan fingerprint density at radius 2 is 0.587 bits per heavy atom. The third-order valence-electron chi connectivity index (χ3n) is 12.6. The highest BCUT2D eigenvalue weighted by Gasteiger charge is 2.19. The number of halogens is 10. The van der Waals surface area contributed by atoms with Crippen LogP contribution in [-0.2, 0) is 0 Å². The maximum absolute atomic E-state index is 13.0. The first-order chi connectivity index (χ1) is 36.9. The van der Waals surface area contributed by atoms with Gasteiger partial charge in [0, 0.05) is 142 Å². The van der Waals surface area contributed by atoms with E-state index in [-0.39, 0.29) is 16.7 Å². The van der Waals surface area contributed by atoms with Gasteiger partial charge in [0.05, 0.1) is 33.1 Å². The number of imidazole rings is 3. The minimum atomic E-state index is -0.0140. The number of benzene rings is 9. The lowest BCUT2D eigenvalue weighted by Gasteiger charge is -2.08. The molecule has 0 spiro atoms. The van der Waals surface area contributed by atoms with Gasteiger partial charge in [0.2, 0.25) is 0 Å². The molecule has 0 bridgehead atoms. The summed E-state index contributed by atoms with van der Waals surface area (Å²) in [5.74, 6) is 3.62. The van der Waals surface area contributed by atoms with Crippen LogP contribution in [0.4, 0.5) is 0 Å². The fourth-order valence-corrected chi connectivity index (χ4v) is 10.7. The van der Waals surface area contributed by atoms with Gasteiger partial charge in [-0.15, -0.1) is 0 Å². The highest BCUT2D eigenvalue weighted by atomic mass is 80.9. The Kier molecular flexibility index (Phi) is 19.5. The van der Waals surface area contributed by atoms with Crippen molar-refractivity contribution >= 4 is 263 Å². The molecular formula is C56H34Br10N6O3. The Bertz CT molecular complexity index is 4540. The van der Waals surface area contributed by atoms with E-state index < -0.39 is 0 Å². The highest BCUT2D eigenvalue weighted by molar-refractivity contribution is 9.93. The van der Waals surface area contributed by atoms with Gasteiger partial charge in [-0.2, -0.15) is 0 Å². The zero-order chi connectivity index (χ0) is 53.7. The van der Waals surface area contributed by atoms with Crippen molar-refractivity contribution in [1.82, 2.24) is 28.2 Å². The Hall–Kier alpha value is -4.02. The quantitative estimate of drug-likeness (QED) is 0.140. The smallest absolute Gasteiger partial charge is 0.264 e. The number of pyridine rings is 3. The molecule has 15 aromatic rings. The highest BCUT2D eigenvalue weighted by Crippen LogP contribution is 2.36. The van der Waals surface area contributed by atoms with E-state index in [1.54, 1.807) is 13.2 Å². The average molecular weight is 1640 g/mol. The summed E-state index contributed by atoms with van der Waals surface area (Å²) in [6.07, 6.45) is 0. The van der Waals surface area contributed by atoms with Crippen LogP contribution in [0.3, 0.4) is 0 Å². The van der Waals surface area contributed by atoms with Gasteiger partial charge in [0.15, 0.2) is 0 Å². The summed E-state index contributed by atoms with van der Waals surface area (Å²) in [6, 6.07) is 55.0. The number of hydrogen-bond acceptors (Lipinski definition) is 6. The number of hydrogen-bond donors (Lipinski definition) is 0. The van der Waals surface area contributed by atoms with Crippen molar-refractivity contribution in [3.05, 3.63) is 210 Å². The van der Waals surface area contributed by atoms with Gasteiger partial charge in [-0.25, -0.2) is 15.0 Å². The first kappa shape index (κ1) is 57.2. The summed E-state index contributed by atoms with van der Waals surface area (Å²) in [7, 11) is 0. The number of para-hydroxylation sites is 6. The largest absolute Gasteiger partial charge is 0.268 e. The van der Waals surface area contributed by atoms with Crippen molar-refractivity contribution in [2.24, 2.45) is 0 Å². The van der Waals surface area contributed by atoms with E-state index in [4.69, 9.17) is 0 Å². The Morgan fingerprint density at radius 3 is 0.987 bits per heavy atom. The molecule has 6 heterocycles. The van der Waals surface area contributed by atoms with Crippen molar-refractivity contribution in [2.45, 2.75) is 0 Å². The molecule has 9 aromatic carbocycles. The molecule has 15 rings (SSSR count). The van der Waals surface area contributed by atoms with Crippen LogP contribution in [0.25, 0.3) is 115 Å². The average Bonchev–Trinajstić information content (AvgIpc) is 4.23. The molecular weight excluding hydrogens is 1600 g/mol. The molecule has 0 radical (unpaired) electrons. The topological polar surface area (TPSA) is 103 Å². The van der Waals surface area contributed by atoms with Crippen LogP contribution in [-0.4, -0.2) is 39.8 Å². The molecule has 75 heavy (non-hydrogen) atoms. The van der Waals surface area contributed by atoms with Crippen molar-refractivity contribution < 1.29 is 0 Å². The minimum Gasteiger partial charge on any atom is -0.268 e. The summed E-state index contributed by atoms with van der Waals surface area (Å²) < 4.78 is 7.16. The summed E-state index contributed by atoms with van der Waals surface area (Å²) >= 11 is 29.5. The van der Waals surface area contributed by atoms with E-state index in [1.807, 2.05) is 182 Å². The lowest BCUT2D eigenvalue weighted by Crippen LogP contribution is -2.13. The van der Waals surface area contributed by atoms with Crippen LogP contribution < -0.4 is 16.7 Å². The zero-order valence-electron chi connectivity index (χ0n) is 38.9. The van der Waals surface area contributed by atoms with Crippen LogP contribution in [0, 0.1) is 0 Å². The minimum absolute atomic E-state index is 0.00278. The van der Waals surface area contributed by atoms with Crippen LogP contribution >= 0.6 is 148 Å². The third-order valence-corrected chi connectivity index (χ3v) is 14.0. The van der Waals surface area contributed by atoms with Crippen LogP contribution in [0.15, 0.2) is 193 Å². The van der Waals surface area contributed by atoms with E-state index in [2.05, 4.69) is 163 Å². The number of alkyl halides is 2. The molecule has 0 unspecified atom stereocenters. The molecule has 0 amide bonds. The Labute approximate surface area is 506 Å². The molecule has 0 saturated carbocycles. The van der Waals surface area contributed by atoms with Gasteiger partial charge >= 0.3 is 0 Å². The molecule has 6 aromatic heterocycles. The van der Waals surface area contributed by atoms with E-state index in [9.17, 15) is 14.4 Å².